The summed E-state index contributed by atoms with van der Waals surface area (Å²) in [6.07, 6.45) is 4.00. The first-order valence-corrected chi connectivity index (χ1v) is 14.6. The number of nitrogens with zero attached hydrogens (tertiary/aromatic N) is 3. The molecule has 0 aromatic heterocycles. The highest BCUT2D eigenvalue weighted by atomic mass is 35.5. The van der Waals surface area contributed by atoms with E-state index in [1.165, 1.54) is 11.1 Å². The summed E-state index contributed by atoms with van der Waals surface area (Å²) in [6, 6.07) is 24.0. The molecular formula is C33H37ClN4O2. The van der Waals surface area contributed by atoms with Crippen LogP contribution in [0.15, 0.2) is 66.7 Å². The van der Waals surface area contributed by atoms with Crippen LogP contribution in [0, 0.1) is 18.3 Å². The SMILES string of the molecule is Cc1cc(C(=O)NC2CCN(Cc3ccc(Cl)cc3)CC2)ccc1OC1CCN(Cc2ccc(C#N)cc2)CC1. The molecule has 2 heterocycles. The molecule has 2 aliphatic heterocycles. The molecule has 3 aromatic rings. The topological polar surface area (TPSA) is 68.6 Å². The first-order valence-electron chi connectivity index (χ1n) is 14.2. The fourth-order valence-corrected chi connectivity index (χ4v) is 5.71. The van der Waals surface area contributed by atoms with E-state index in [4.69, 9.17) is 21.6 Å². The number of rotatable bonds is 8. The van der Waals surface area contributed by atoms with Crippen LogP contribution in [0.1, 0.15) is 58.3 Å². The fourth-order valence-electron chi connectivity index (χ4n) is 5.58. The maximum Gasteiger partial charge on any atom is 0.251 e. The van der Waals surface area contributed by atoms with Gasteiger partial charge in [0.1, 0.15) is 11.9 Å². The summed E-state index contributed by atoms with van der Waals surface area (Å²) in [7, 11) is 0. The van der Waals surface area contributed by atoms with Crippen molar-refractivity contribution >= 4 is 17.5 Å². The number of nitriles is 1. The first-order chi connectivity index (χ1) is 19.4. The number of likely N-dealkylation sites (tertiary alicyclic amines) is 2. The number of ether oxygens (including phenoxy) is 1. The Labute approximate surface area is 242 Å². The predicted octanol–water partition coefficient (Wildman–Crippen LogP) is 5.96. The van der Waals surface area contributed by atoms with Gasteiger partial charge in [0.2, 0.25) is 0 Å². The molecule has 0 spiro atoms. The zero-order valence-corrected chi connectivity index (χ0v) is 23.9. The summed E-state index contributed by atoms with van der Waals surface area (Å²) < 4.78 is 6.36. The quantitative estimate of drug-likeness (QED) is 0.371. The zero-order valence-electron chi connectivity index (χ0n) is 23.1. The predicted molar refractivity (Wildman–Crippen MR) is 158 cm³/mol. The molecule has 0 aliphatic carbocycles. The van der Waals surface area contributed by atoms with Crippen molar-refractivity contribution in [3.8, 4) is 11.8 Å². The fraction of sp³-hybridized carbons (Fsp3) is 0.394. The highest BCUT2D eigenvalue weighted by Crippen LogP contribution is 2.25. The van der Waals surface area contributed by atoms with Crippen molar-refractivity contribution in [1.82, 2.24) is 15.1 Å². The summed E-state index contributed by atoms with van der Waals surface area (Å²) in [5.41, 5.74) is 4.86. The summed E-state index contributed by atoms with van der Waals surface area (Å²) >= 11 is 6.00. The van der Waals surface area contributed by atoms with Gasteiger partial charge in [0, 0.05) is 55.9 Å². The standard InChI is InChI=1S/C33H37ClN4O2/c1-24-20-28(33(39)36-30-12-16-37(17-13-30)23-27-6-9-29(34)10-7-27)8-11-32(24)40-31-14-18-38(19-15-31)22-26-4-2-25(21-35)3-5-26/h2-11,20,30-31H,12-19,22-23H2,1H3,(H,36,39). The van der Waals surface area contributed by atoms with Gasteiger partial charge >= 0.3 is 0 Å². The number of carbonyl (C=O) groups excluding carboxylic acids is 1. The van der Waals surface area contributed by atoms with Gasteiger partial charge in [-0.1, -0.05) is 35.9 Å². The van der Waals surface area contributed by atoms with Gasteiger partial charge in [-0.2, -0.15) is 5.26 Å². The van der Waals surface area contributed by atoms with E-state index in [1.54, 1.807) is 0 Å². The second-order valence-corrected chi connectivity index (χ2v) is 11.5. The van der Waals surface area contributed by atoms with Crippen LogP contribution in [-0.4, -0.2) is 54.0 Å². The third kappa shape index (κ3) is 7.63. The first kappa shape index (κ1) is 28.2. The number of amides is 1. The molecule has 5 rings (SSSR count). The summed E-state index contributed by atoms with van der Waals surface area (Å²) in [5, 5.41) is 13.0. The van der Waals surface area contributed by atoms with E-state index in [1.807, 2.05) is 61.5 Å². The van der Waals surface area contributed by atoms with Crippen LogP contribution in [0.2, 0.25) is 5.02 Å². The lowest BCUT2D eigenvalue weighted by molar-refractivity contribution is 0.0907. The number of benzene rings is 3. The van der Waals surface area contributed by atoms with Crippen LogP contribution >= 0.6 is 11.6 Å². The second kappa shape index (κ2) is 13.3. The molecule has 1 amide bonds. The zero-order chi connectivity index (χ0) is 27.9. The molecule has 0 saturated carbocycles. The lowest BCUT2D eigenvalue weighted by Crippen LogP contribution is -2.44. The molecule has 208 valence electrons. The minimum Gasteiger partial charge on any atom is -0.490 e. The van der Waals surface area contributed by atoms with Gasteiger partial charge in [-0.3, -0.25) is 14.6 Å². The second-order valence-electron chi connectivity index (χ2n) is 11.0. The Kier molecular flexibility index (Phi) is 9.38. The van der Waals surface area contributed by atoms with Gasteiger partial charge in [0.25, 0.3) is 5.91 Å². The van der Waals surface area contributed by atoms with E-state index in [-0.39, 0.29) is 18.1 Å². The molecule has 40 heavy (non-hydrogen) atoms. The summed E-state index contributed by atoms with van der Waals surface area (Å²) in [6.45, 7) is 7.70. The average molecular weight is 557 g/mol. The Morgan fingerprint density at radius 3 is 2.05 bits per heavy atom. The molecule has 2 aliphatic rings. The van der Waals surface area contributed by atoms with Crippen LogP contribution in [-0.2, 0) is 13.1 Å². The number of aryl methyl sites for hydroxylation is 1. The minimum atomic E-state index is -0.0121. The maximum atomic E-state index is 13.0. The highest BCUT2D eigenvalue weighted by molar-refractivity contribution is 6.30. The largest absolute Gasteiger partial charge is 0.490 e. The Morgan fingerprint density at radius 1 is 0.900 bits per heavy atom. The van der Waals surface area contributed by atoms with Crippen molar-refractivity contribution < 1.29 is 9.53 Å². The van der Waals surface area contributed by atoms with Gasteiger partial charge in [-0.15, -0.1) is 0 Å². The van der Waals surface area contributed by atoms with Crippen molar-refractivity contribution in [2.75, 3.05) is 26.2 Å². The van der Waals surface area contributed by atoms with Crippen molar-refractivity contribution in [2.45, 2.75) is 57.8 Å². The van der Waals surface area contributed by atoms with Gasteiger partial charge in [0.05, 0.1) is 11.6 Å². The molecule has 3 aromatic carbocycles. The molecule has 1 N–H and O–H groups in total. The van der Waals surface area contributed by atoms with Crippen molar-refractivity contribution in [3.63, 3.8) is 0 Å². The van der Waals surface area contributed by atoms with Gasteiger partial charge in [-0.05, 0) is 91.8 Å². The number of piperidine rings is 2. The van der Waals surface area contributed by atoms with E-state index in [2.05, 4.69) is 33.3 Å². The van der Waals surface area contributed by atoms with E-state index in [0.717, 1.165) is 81.3 Å². The number of nitrogens with one attached hydrogen (secondary N) is 1. The lowest BCUT2D eigenvalue weighted by Gasteiger charge is -2.33. The van der Waals surface area contributed by atoms with E-state index >= 15 is 0 Å². The van der Waals surface area contributed by atoms with Gasteiger partial charge in [-0.25, -0.2) is 0 Å². The van der Waals surface area contributed by atoms with Gasteiger partial charge < -0.3 is 10.1 Å². The van der Waals surface area contributed by atoms with Crippen LogP contribution in [0.3, 0.4) is 0 Å². The van der Waals surface area contributed by atoms with Crippen LogP contribution in [0.5, 0.6) is 5.75 Å². The van der Waals surface area contributed by atoms with E-state index < -0.39 is 0 Å². The van der Waals surface area contributed by atoms with Crippen LogP contribution < -0.4 is 10.1 Å². The van der Waals surface area contributed by atoms with Crippen molar-refractivity contribution in [1.29, 1.82) is 5.26 Å². The molecule has 0 unspecified atom stereocenters. The van der Waals surface area contributed by atoms with Crippen molar-refractivity contribution in [2.24, 2.45) is 0 Å². The minimum absolute atomic E-state index is 0.0121. The molecule has 2 saturated heterocycles. The smallest absolute Gasteiger partial charge is 0.251 e. The molecule has 0 atom stereocenters. The lowest BCUT2D eigenvalue weighted by atomic mass is 10.0. The van der Waals surface area contributed by atoms with Crippen LogP contribution in [0.4, 0.5) is 0 Å². The van der Waals surface area contributed by atoms with E-state index in [9.17, 15) is 4.79 Å². The average Bonchev–Trinajstić information content (AvgIpc) is 2.97. The Hall–Kier alpha value is -3.37. The van der Waals surface area contributed by atoms with Gasteiger partial charge in [0.15, 0.2) is 0 Å². The molecule has 2 fully saturated rings. The molecule has 0 radical (unpaired) electrons. The number of carbonyl (C=O) groups is 1. The molecular weight excluding hydrogens is 520 g/mol. The summed E-state index contributed by atoms with van der Waals surface area (Å²) in [4.78, 5) is 17.9. The molecule has 7 heteroatoms. The summed E-state index contributed by atoms with van der Waals surface area (Å²) in [5.74, 6) is 0.847. The third-order valence-corrected chi connectivity index (χ3v) is 8.25. The molecule has 0 bridgehead atoms. The maximum absolute atomic E-state index is 13.0. The Morgan fingerprint density at radius 2 is 1.48 bits per heavy atom. The third-order valence-electron chi connectivity index (χ3n) is 8.00. The molecule has 6 nitrogen and oxygen atoms in total. The Balaban J connectivity index is 1.05. The normalized spacial score (nSPS) is 17.3. The monoisotopic (exact) mass is 556 g/mol. The highest BCUT2D eigenvalue weighted by Gasteiger charge is 2.23. The van der Waals surface area contributed by atoms with E-state index in [0.29, 0.717) is 11.1 Å². The number of halogens is 1. The Bertz CT molecular complexity index is 1320. The number of hydrogen-bond donors (Lipinski definition) is 1. The van der Waals surface area contributed by atoms with Crippen molar-refractivity contribution in [3.05, 3.63) is 99.6 Å². The number of hydrogen-bond acceptors (Lipinski definition) is 5. The van der Waals surface area contributed by atoms with Crippen LogP contribution in [0.25, 0.3) is 0 Å².